The van der Waals surface area contributed by atoms with E-state index in [2.05, 4.69) is 26.2 Å². The van der Waals surface area contributed by atoms with Crippen molar-refractivity contribution in [1.29, 1.82) is 0 Å². The first-order valence-electron chi connectivity index (χ1n) is 5.31. The summed E-state index contributed by atoms with van der Waals surface area (Å²) in [5.74, 6) is -0.866. The van der Waals surface area contributed by atoms with Crippen LogP contribution in [0.5, 0.6) is 0 Å². The Hall–Kier alpha value is -1.15. The molecular weight excluding hydrogens is 322 g/mol. The Bertz CT molecular complexity index is 492. The van der Waals surface area contributed by atoms with Crippen LogP contribution in [0.1, 0.15) is 13.3 Å². The first kappa shape index (κ1) is 13.3. The number of likely N-dealkylation sites (tertiary alicyclic amines) is 1. The van der Waals surface area contributed by atoms with Crippen LogP contribution in [0.25, 0.3) is 0 Å². The molecular formula is C10H12BrN3O3S. The SMILES string of the molecule is CC1(C(=O)O)CCN(C(=O)Nc2ncc(Br)s2)C1. The van der Waals surface area contributed by atoms with Crippen molar-refractivity contribution >= 4 is 44.4 Å². The van der Waals surface area contributed by atoms with Crippen molar-refractivity contribution in [1.82, 2.24) is 9.88 Å². The van der Waals surface area contributed by atoms with E-state index in [-0.39, 0.29) is 12.6 Å². The van der Waals surface area contributed by atoms with Crippen LogP contribution in [0, 0.1) is 5.41 Å². The molecule has 0 bridgehead atoms. The molecule has 0 saturated carbocycles. The Morgan fingerprint density at radius 1 is 1.67 bits per heavy atom. The van der Waals surface area contributed by atoms with Gasteiger partial charge in [0.2, 0.25) is 0 Å². The summed E-state index contributed by atoms with van der Waals surface area (Å²) >= 11 is 4.57. The van der Waals surface area contributed by atoms with E-state index in [9.17, 15) is 9.59 Å². The summed E-state index contributed by atoms with van der Waals surface area (Å²) in [6.45, 7) is 2.32. The van der Waals surface area contributed by atoms with Gasteiger partial charge in [-0.05, 0) is 29.3 Å². The van der Waals surface area contributed by atoms with Crippen LogP contribution in [-0.4, -0.2) is 40.1 Å². The highest BCUT2D eigenvalue weighted by Crippen LogP contribution is 2.31. The normalized spacial score (nSPS) is 23.1. The number of nitrogens with one attached hydrogen (secondary N) is 1. The topological polar surface area (TPSA) is 82.5 Å². The van der Waals surface area contributed by atoms with Gasteiger partial charge in [-0.2, -0.15) is 0 Å². The summed E-state index contributed by atoms with van der Waals surface area (Å²) in [6.07, 6.45) is 2.07. The highest BCUT2D eigenvalue weighted by molar-refractivity contribution is 9.11. The van der Waals surface area contributed by atoms with Crippen molar-refractivity contribution in [3.05, 3.63) is 9.98 Å². The Kier molecular flexibility index (Phi) is 3.58. The standard InChI is InChI=1S/C10H12BrN3O3S/c1-10(7(15)16)2-3-14(5-10)9(17)13-8-12-4-6(11)18-8/h4H,2-3,5H2,1H3,(H,15,16)(H,12,13,17). The van der Waals surface area contributed by atoms with Crippen LogP contribution in [0.3, 0.4) is 0 Å². The first-order valence-corrected chi connectivity index (χ1v) is 6.92. The molecule has 1 aromatic rings. The molecule has 0 spiro atoms. The van der Waals surface area contributed by atoms with Crippen LogP contribution in [0.2, 0.25) is 0 Å². The number of carbonyl (C=O) groups excluding carboxylic acids is 1. The molecule has 98 valence electrons. The molecule has 1 atom stereocenters. The minimum atomic E-state index is -0.866. The number of aromatic nitrogens is 1. The summed E-state index contributed by atoms with van der Waals surface area (Å²) in [5, 5.41) is 12.2. The van der Waals surface area contributed by atoms with Crippen LogP contribution >= 0.6 is 27.3 Å². The van der Waals surface area contributed by atoms with E-state index in [1.165, 1.54) is 16.2 Å². The van der Waals surface area contributed by atoms with Gasteiger partial charge in [-0.15, -0.1) is 0 Å². The van der Waals surface area contributed by atoms with Crippen LogP contribution < -0.4 is 5.32 Å². The second-order valence-electron chi connectivity index (χ2n) is 4.44. The van der Waals surface area contributed by atoms with Gasteiger partial charge in [-0.25, -0.2) is 9.78 Å². The molecule has 6 nitrogen and oxygen atoms in total. The highest BCUT2D eigenvalue weighted by atomic mass is 79.9. The molecule has 2 heterocycles. The molecule has 8 heteroatoms. The van der Waals surface area contributed by atoms with Crippen molar-refractivity contribution in [3.8, 4) is 0 Å². The van der Waals surface area contributed by atoms with E-state index >= 15 is 0 Å². The van der Waals surface area contributed by atoms with Crippen molar-refractivity contribution in [2.24, 2.45) is 5.41 Å². The number of amides is 2. The van der Waals surface area contributed by atoms with Crippen molar-refractivity contribution in [3.63, 3.8) is 0 Å². The van der Waals surface area contributed by atoms with Crippen molar-refractivity contribution < 1.29 is 14.7 Å². The quantitative estimate of drug-likeness (QED) is 0.869. The average molecular weight is 334 g/mol. The predicted octanol–water partition coefficient (Wildman–Crippen LogP) is 2.23. The molecule has 1 saturated heterocycles. The monoisotopic (exact) mass is 333 g/mol. The molecule has 0 radical (unpaired) electrons. The molecule has 1 aliphatic heterocycles. The van der Waals surface area contributed by atoms with Gasteiger partial charge in [0.15, 0.2) is 5.13 Å². The zero-order valence-corrected chi connectivity index (χ0v) is 12.0. The summed E-state index contributed by atoms with van der Waals surface area (Å²) in [5.41, 5.74) is -0.846. The van der Waals surface area contributed by atoms with E-state index in [1.807, 2.05) is 0 Å². The number of nitrogens with zero attached hydrogens (tertiary/aromatic N) is 2. The Morgan fingerprint density at radius 2 is 2.39 bits per heavy atom. The second-order valence-corrected chi connectivity index (χ2v) is 6.85. The molecule has 2 amide bonds. The molecule has 0 aromatic carbocycles. The summed E-state index contributed by atoms with van der Waals surface area (Å²) in [4.78, 5) is 28.5. The van der Waals surface area contributed by atoms with E-state index in [4.69, 9.17) is 5.11 Å². The Labute approximate surface area is 116 Å². The smallest absolute Gasteiger partial charge is 0.323 e. The first-order chi connectivity index (χ1) is 8.40. The zero-order valence-electron chi connectivity index (χ0n) is 9.64. The molecule has 1 aromatic heterocycles. The fraction of sp³-hybridized carbons (Fsp3) is 0.500. The van der Waals surface area contributed by atoms with E-state index < -0.39 is 11.4 Å². The number of aliphatic carboxylic acids is 1. The third-order valence-electron chi connectivity index (χ3n) is 2.97. The van der Waals surface area contributed by atoms with Crippen molar-refractivity contribution in [2.75, 3.05) is 18.4 Å². The van der Waals surface area contributed by atoms with Crippen molar-refractivity contribution in [2.45, 2.75) is 13.3 Å². The third kappa shape index (κ3) is 2.64. The molecule has 18 heavy (non-hydrogen) atoms. The Morgan fingerprint density at radius 3 is 2.89 bits per heavy atom. The number of hydrogen-bond donors (Lipinski definition) is 2. The van der Waals surface area contributed by atoms with E-state index in [0.29, 0.717) is 18.1 Å². The minimum absolute atomic E-state index is 0.223. The van der Waals surface area contributed by atoms with E-state index in [0.717, 1.165) is 3.79 Å². The zero-order chi connectivity index (χ0) is 13.3. The van der Waals surface area contributed by atoms with Crippen LogP contribution in [0.15, 0.2) is 9.98 Å². The molecule has 1 fully saturated rings. The van der Waals surface area contributed by atoms with Gasteiger partial charge in [-0.1, -0.05) is 11.3 Å². The van der Waals surface area contributed by atoms with Gasteiger partial charge < -0.3 is 10.0 Å². The van der Waals surface area contributed by atoms with Crippen LogP contribution in [0.4, 0.5) is 9.93 Å². The molecule has 1 aliphatic rings. The van der Waals surface area contributed by atoms with Gasteiger partial charge in [0.25, 0.3) is 0 Å². The molecule has 1 unspecified atom stereocenters. The van der Waals surface area contributed by atoms with Gasteiger partial charge in [0.05, 0.1) is 15.4 Å². The van der Waals surface area contributed by atoms with Gasteiger partial charge >= 0.3 is 12.0 Å². The van der Waals surface area contributed by atoms with Gasteiger partial charge in [0.1, 0.15) is 0 Å². The number of carbonyl (C=O) groups is 2. The summed E-state index contributed by atoms with van der Waals surface area (Å²) < 4.78 is 0.828. The number of thiazole rings is 1. The highest BCUT2D eigenvalue weighted by Gasteiger charge is 2.42. The molecule has 2 N–H and O–H groups in total. The lowest BCUT2D eigenvalue weighted by Gasteiger charge is -2.19. The van der Waals surface area contributed by atoms with Gasteiger partial charge in [-0.3, -0.25) is 10.1 Å². The minimum Gasteiger partial charge on any atom is -0.481 e. The maximum absolute atomic E-state index is 11.9. The summed E-state index contributed by atoms with van der Waals surface area (Å²) in [7, 11) is 0. The Balaban J connectivity index is 1.98. The largest absolute Gasteiger partial charge is 0.481 e. The number of urea groups is 1. The number of carboxylic acids is 1. The maximum atomic E-state index is 11.9. The number of rotatable bonds is 2. The van der Waals surface area contributed by atoms with Crippen LogP contribution in [-0.2, 0) is 4.79 Å². The number of carboxylic acid groups (broad SMARTS) is 1. The number of halogens is 1. The van der Waals surface area contributed by atoms with Gasteiger partial charge in [0, 0.05) is 13.1 Å². The second kappa shape index (κ2) is 4.85. The predicted molar refractivity (Wildman–Crippen MR) is 70.8 cm³/mol. The maximum Gasteiger partial charge on any atom is 0.323 e. The van der Waals surface area contributed by atoms with E-state index in [1.54, 1.807) is 13.1 Å². The number of hydrogen-bond acceptors (Lipinski definition) is 4. The third-order valence-corrected chi connectivity index (χ3v) is 4.36. The fourth-order valence-electron chi connectivity index (χ4n) is 1.79. The average Bonchev–Trinajstić information content (AvgIpc) is 2.86. The molecule has 0 aliphatic carbocycles. The summed E-state index contributed by atoms with van der Waals surface area (Å²) in [6, 6.07) is -0.304. The lowest BCUT2D eigenvalue weighted by Crippen LogP contribution is -2.37. The number of anilines is 1. The molecule has 2 rings (SSSR count). The lowest BCUT2D eigenvalue weighted by atomic mass is 9.90. The lowest BCUT2D eigenvalue weighted by molar-refractivity contribution is -0.146. The fourth-order valence-corrected chi connectivity index (χ4v) is 2.89.